The van der Waals surface area contributed by atoms with Crippen molar-refractivity contribution in [2.24, 2.45) is 0 Å². The van der Waals surface area contributed by atoms with Crippen molar-refractivity contribution in [2.45, 2.75) is 59.3 Å². The Kier molecular flexibility index (Phi) is 32.5. The molecular weight excluding hydrogens is 280 g/mol. The molecule has 7 heteroatoms. The Morgan fingerprint density at radius 1 is 0.895 bits per heavy atom. The van der Waals surface area contributed by atoms with Gasteiger partial charge >= 0.3 is 43.7 Å². The molecule has 0 bridgehead atoms. The number of rotatable bonds is 6. The van der Waals surface area contributed by atoms with Gasteiger partial charge in [-0.05, 0) is 20.3 Å². The van der Waals surface area contributed by atoms with Crippen LogP contribution in [0.4, 0.5) is 0 Å². The third kappa shape index (κ3) is 97.5. The summed E-state index contributed by atoms with van der Waals surface area (Å²) in [5, 5.41) is 26.0. The fourth-order valence-electron chi connectivity index (χ4n) is 0.880. The van der Waals surface area contributed by atoms with E-state index in [1.807, 2.05) is 0 Å². The first-order valence-corrected chi connectivity index (χ1v) is 5.80. The monoisotopic (exact) mass is 302 g/mol. The molecule has 0 saturated carbocycles. The van der Waals surface area contributed by atoms with Crippen molar-refractivity contribution in [3.8, 4) is 0 Å². The number of hydrogen-bond acceptors (Lipinski definition) is 5. The number of hydrogen-bond donors (Lipinski definition) is 1. The number of carboxylic acids is 3. The Morgan fingerprint density at radius 2 is 1.21 bits per heavy atom. The SMILES string of the molecule is CC(=O)[O-].CC(=O)[O-].CCCCCCCC(=O)O.[Ca+2]. The first kappa shape index (κ1) is 27.1. The van der Waals surface area contributed by atoms with Crippen LogP contribution in [0, 0.1) is 0 Å². The largest absolute Gasteiger partial charge is 2.00 e. The van der Waals surface area contributed by atoms with E-state index in [1.54, 1.807) is 0 Å². The first-order valence-electron chi connectivity index (χ1n) is 5.80. The molecule has 19 heavy (non-hydrogen) atoms. The van der Waals surface area contributed by atoms with Crippen LogP contribution in [-0.4, -0.2) is 60.8 Å². The topological polar surface area (TPSA) is 118 Å². The minimum atomic E-state index is -1.08. The molecular formula is C12H22CaO6. The molecule has 0 heterocycles. The number of carbonyl (C=O) groups excluding carboxylic acids is 2. The summed E-state index contributed by atoms with van der Waals surface area (Å²) in [7, 11) is 0. The number of aliphatic carboxylic acids is 3. The van der Waals surface area contributed by atoms with Gasteiger partial charge in [0, 0.05) is 18.4 Å². The van der Waals surface area contributed by atoms with E-state index in [4.69, 9.17) is 24.9 Å². The summed E-state index contributed by atoms with van der Waals surface area (Å²) in [4.78, 5) is 27.8. The average molecular weight is 302 g/mol. The third-order valence-electron chi connectivity index (χ3n) is 1.49. The van der Waals surface area contributed by atoms with Crippen LogP contribution in [0.3, 0.4) is 0 Å². The summed E-state index contributed by atoms with van der Waals surface area (Å²) in [6.07, 6.45) is 5.88. The van der Waals surface area contributed by atoms with Gasteiger partial charge < -0.3 is 24.9 Å². The minimum absolute atomic E-state index is 0. The zero-order chi connectivity index (χ0) is 15.0. The van der Waals surface area contributed by atoms with Crippen molar-refractivity contribution in [1.29, 1.82) is 0 Å². The molecule has 0 spiro atoms. The summed E-state index contributed by atoms with van der Waals surface area (Å²) in [6.45, 7) is 4.09. The van der Waals surface area contributed by atoms with Crippen LogP contribution in [0.5, 0.6) is 0 Å². The van der Waals surface area contributed by atoms with E-state index in [1.165, 1.54) is 19.3 Å². The molecule has 0 rings (SSSR count). The Labute approximate surface area is 144 Å². The van der Waals surface area contributed by atoms with Crippen molar-refractivity contribution >= 4 is 55.6 Å². The van der Waals surface area contributed by atoms with Crippen LogP contribution in [0.1, 0.15) is 59.3 Å². The molecule has 6 nitrogen and oxygen atoms in total. The van der Waals surface area contributed by atoms with Gasteiger partial charge in [-0.25, -0.2) is 0 Å². The van der Waals surface area contributed by atoms with Gasteiger partial charge in [0.15, 0.2) is 0 Å². The molecule has 0 aliphatic rings. The molecule has 0 fully saturated rings. The van der Waals surface area contributed by atoms with Gasteiger partial charge in [0.05, 0.1) is 0 Å². The van der Waals surface area contributed by atoms with E-state index < -0.39 is 17.9 Å². The van der Waals surface area contributed by atoms with Gasteiger partial charge in [-0.2, -0.15) is 0 Å². The zero-order valence-corrected chi connectivity index (χ0v) is 14.1. The molecule has 0 aromatic heterocycles. The number of carbonyl (C=O) groups is 3. The molecule has 0 aromatic rings. The van der Waals surface area contributed by atoms with Crippen LogP contribution < -0.4 is 10.2 Å². The standard InChI is InChI=1S/C8H16O2.2C2H4O2.Ca/c1-2-3-4-5-6-7-8(9)10;2*1-2(3)4;/h2-7H2,1H3,(H,9,10);2*1H3,(H,3,4);/q;;;+2/p-2. The fourth-order valence-corrected chi connectivity index (χ4v) is 0.880. The summed E-state index contributed by atoms with van der Waals surface area (Å²) in [5.41, 5.74) is 0. The van der Waals surface area contributed by atoms with Crippen LogP contribution in [0.15, 0.2) is 0 Å². The molecule has 0 saturated heterocycles. The van der Waals surface area contributed by atoms with Crippen molar-refractivity contribution < 1.29 is 29.7 Å². The Hall–Kier alpha value is -0.330. The van der Waals surface area contributed by atoms with Gasteiger partial charge in [-0.15, -0.1) is 0 Å². The van der Waals surface area contributed by atoms with Crippen molar-refractivity contribution in [1.82, 2.24) is 0 Å². The summed E-state index contributed by atoms with van der Waals surface area (Å²) in [6, 6.07) is 0. The second-order valence-electron chi connectivity index (χ2n) is 3.54. The molecule has 1 N–H and O–H groups in total. The molecule has 0 radical (unpaired) electrons. The van der Waals surface area contributed by atoms with Gasteiger partial charge in [-0.3, -0.25) is 4.79 Å². The average Bonchev–Trinajstić information content (AvgIpc) is 2.15. The number of unbranched alkanes of at least 4 members (excludes halogenated alkanes) is 4. The first-order chi connectivity index (χ1) is 8.23. The van der Waals surface area contributed by atoms with E-state index in [0.29, 0.717) is 6.42 Å². The molecule has 0 unspecified atom stereocenters. The van der Waals surface area contributed by atoms with Crippen LogP contribution in [0.25, 0.3) is 0 Å². The minimum Gasteiger partial charge on any atom is -0.550 e. The second kappa shape index (κ2) is 22.8. The quantitative estimate of drug-likeness (QED) is 0.525. The smallest absolute Gasteiger partial charge is 0.550 e. The van der Waals surface area contributed by atoms with Gasteiger partial charge in [0.25, 0.3) is 0 Å². The zero-order valence-electron chi connectivity index (χ0n) is 11.9. The number of carboxylic acid groups (broad SMARTS) is 3. The Balaban J connectivity index is -0.000000105. The summed E-state index contributed by atoms with van der Waals surface area (Å²) >= 11 is 0. The van der Waals surface area contributed by atoms with Crippen molar-refractivity contribution in [3.63, 3.8) is 0 Å². The van der Waals surface area contributed by atoms with Gasteiger partial charge in [0.2, 0.25) is 0 Å². The molecule has 0 amide bonds. The molecule has 108 valence electrons. The van der Waals surface area contributed by atoms with Crippen molar-refractivity contribution in [3.05, 3.63) is 0 Å². The normalized spacial score (nSPS) is 7.74. The molecule has 0 aromatic carbocycles. The maximum absolute atomic E-state index is 10.0. The summed E-state index contributed by atoms with van der Waals surface area (Å²) < 4.78 is 0. The van der Waals surface area contributed by atoms with E-state index in [9.17, 15) is 4.79 Å². The van der Waals surface area contributed by atoms with E-state index in [0.717, 1.165) is 26.7 Å². The molecule has 0 aliphatic carbocycles. The second-order valence-corrected chi connectivity index (χ2v) is 3.54. The predicted octanol–water partition coefficient (Wildman–Crippen LogP) is -0.437. The van der Waals surface area contributed by atoms with Crippen LogP contribution in [0.2, 0.25) is 0 Å². The van der Waals surface area contributed by atoms with Crippen LogP contribution >= 0.6 is 0 Å². The van der Waals surface area contributed by atoms with Gasteiger partial charge in [-0.1, -0.05) is 32.6 Å². The Bertz CT molecular complexity index is 210. The third-order valence-corrected chi connectivity index (χ3v) is 1.49. The van der Waals surface area contributed by atoms with E-state index >= 15 is 0 Å². The van der Waals surface area contributed by atoms with E-state index in [-0.39, 0.29) is 37.7 Å². The summed E-state index contributed by atoms with van der Waals surface area (Å²) in [5.74, 6) is -2.84. The molecule has 0 aliphatic heterocycles. The van der Waals surface area contributed by atoms with Crippen LogP contribution in [-0.2, 0) is 14.4 Å². The van der Waals surface area contributed by atoms with Crippen molar-refractivity contribution in [2.75, 3.05) is 0 Å². The predicted molar refractivity (Wildman–Crippen MR) is 68.1 cm³/mol. The molecule has 0 atom stereocenters. The van der Waals surface area contributed by atoms with Gasteiger partial charge in [0.1, 0.15) is 0 Å². The fraction of sp³-hybridized carbons (Fsp3) is 0.750. The van der Waals surface area contributed by atoms with E-state index in [2.05, 4.69) is 6.92 Å². The maximum Gasteiger partial charge on any atom is 2.00 e. The Morgan fingerprint density at radius 3 is 1.47 bits per heavy atom. The maximum atomic E-state index is 10.0.